The SMILES string of the molecule is NS(=O)(=O)n1c2ccccc2c2cnccc21. The van der Waals surface area contributed by atoms with E-state index in [2.05, 4.69) is 4.98 Å². The summed E-state index contributed by atoms with van der Waals surface area (Å²) in [7, 11) is -3.82. The van der Waals surface area contributed by atoms with Gasteiger partial charge in [-0.05, 0) is 12.1 Å². The van der Waals surface area contributed by atoms with Crippen LogP contribution in [0.4, 0.5) is 0 Å². The zero-order valence-electron chi connectivity index (χ0n) is 8.74. The standard InChI is InChI=1S/C11H9N3O2S/c12-17(15,16)14-10-4-2-1-3-8(10)9-7-13-6-5-11(9)14/h1-7H,(H2,12,15,16). The van der Waals surface area contributed by atoms with Gasteiger partial charge < -0.3 is 0 Å². The summed E-state index contributed by atoms with van der Waals surface area (Å²) in [6.07, 6.45) is 3.18. The molecule has 0 spiro atoms. The second-order valence-corrected chi connectivity index (χ2v) is 5.11. The molecular formula is C11H9N3O2S. The van der Waals surface area contributed by atoms with Crippen LogP contribution in [-0.4, -0.2) is 17.4 Å². The summed E-state index contributed by atoms with van der Waals surface area (Å²) >= 11 is 0. The molecule has 0 aliphatic heterocycles. The Hall–Kier alpha value is -1.92. The van der Waals surface area contributed by atoms with Crippen molar-refractivity contribution in [1.82, 2.24) is 8.96 Å². The Morgan fingerprint density at radius 1 is 1.06 bits per heavy atom. The fourth-order valence-electron chi connectivity index (χ4n) is 2.05. The van der Waals surface area contributed by atoms with Gasteiger partial charge in [-0.2, -0.15) is 8.42 Å². The molecule has 0 saturated heterocycles. The number of hydrogen-bond acceptors (Lipinski definition) is 3. The van der Waals surface area contributed by atoms with E-state index in [9.17, 15) is 8.42 Å². The molecule has 3 aromatic rings. The van der Waals surface area contributed by atoms with Gasteiger partial charge in [0.1, 0.15) is 0 Å². The fraction of sp³-hybridized carbons (Fsp3) is 0. The highest BCUT2D eigenvalue weighted by atomic mass is 32.2. The zero-order valence-corrected chi connectivity index (χ0v) is 9.55. The van der Waals surface area contributed by atoms with E-state index in [-0.39, 0.29) is 0 Å². The van der Waals surface area contributed by atoms with Crippen LogP contribution in [0.5, 0.6) is 0 Å². The van der Waals surface area contributed by atoms with Gasteiger partial charge in [-0.1, -0.05) is 18.2 Å². The molecule has 0 amide bonds. The quantitative estimate of drug-likeness (QED) is 0.702. The van der Waals surface area contributed by atoms with E-state index in [4.69, 9.17) is 5.14 Å². The summed E-state index contributed by atoms with van der Waals surface area (Å²) in [5.41, 5.74) is 1.11. The first-order valence-corrected chi connectivity index (χ1v) is 6.46. The number of rotatable bonds is 1. The number of nitrogens with two attached hydrogens (primary N) is 1. The maximum atomic E-state index is 11.6. The minimum atomic E-state index is -3.82. The van der Waals surface area contributed by atoms with Crippen molar-refractivity contribution >= 4 is 32.0 Å². The highest BCUT2D eigenvalue weighted by molar-refractivity contribution is 7.88. The molecule has 86 valence electrons. The van der Waals surface area contributed by atoms with E-state index in [1.165, 1.54) is 0 Å². The van der Waals surface area contributed by atoms with Crippen LogP contribution in [0.25, 0.3) is 21.8 Å². The molecule has 1 aromatic carbocycles. The summed E-state index contributed by atoms with van der Waals surface area (Å²) in [5.74, 6) is 0. The number of pyridine rings is 1. The largest absolute Gasteiger partial charge is 0.303 e. The van der Waals surface area contributed by atoms with Crippen molar-refractivity contribution in [2.24, 2.45) is 5.14 Å². The molecule has 0 atom stereocenters. The minimum Gasteiger partial charge on any atom is -0.264 e. The zero-order chi connectivity index (χ0) is 12.0. The molecule has 2 aromatic heterocycles. The minimum absolute atomic E-state index is 0.545. The van der Waals surface area contributed by atoms with Crippen molar-refractivity contribution in [2.75, 3.05) is 0 Å². The van der Waals surface area contributed by atoms with Gasteiger partial charge in [0.2, 0.25) is 0 Å². The predicted octanol–water partition coefficient (Wildman–Crippen LogP) is 1.24. The molecule has 0 bridgehead atoms. The van der Waals surface area contributed by atoms with Gasteiger partial charge in [-0.3, -0.25) is 4.98 Å². The summed E-state index contributed by atoms with van der Waals surface area (Å²) in [4.78, 5) is 4.01. The molecule has 0 fully saturated rings. The van der Waals surface area contributed by atoms with Crippen molar-refractivity contribution in [3.63, 3.8) is 0 Å². The van der Waals surface area contributed by atoms with E-state index in [1.54, 1.807) is 30.6 Å². The van der Waals surface area contributed by atoms with Crippen molar-refractivity contribution in [3.05, 3.63) is 42.7 Å². The van der Waals surface area contributed by atoms with E-state index < -0.39 is 10.2 Å². The van der Waals surface area contributed by atoms with Gasteiger partial charge in [-0.15, -0.1) is 0 Å². The fourth-order valence-corrected chi connectivity index (χ4v) is 2.92. The molecule has 0 aliphatic rings. The Kier molecular flexibility index (Phi) is 1.98. The average Bonchev–Trinajstić information content (AvgIpc) is 2.63. The molecule has 0 aliphatic carbocycles. The third kappa shape index (κ3) is 1.42. The van der Waals surface area contributed by atoms with Crippen molar-refractivity contribution < 1.29 is 8.42 Å². The number of aromatic nitrogens is 2. The van der Waals surface area contributed by atoms with Gasteiger partial charge in [0.15, 0.2) is 0 Å². The molecule has 0 unspecified atom stereocenters. The summed E-state index contributed by atoms with van der Waals surface area (Å²) < 4.78 is 24.4. The lowest BCUT2D eigenvalue weighted by Gasteiger charge is -2.02. The van der Waals surface area contributed by atoms with Crippen LogP contribution in [0.2, 0.25) is 0 Å². The second kappa shape index (κ2) is 3.28. The van der Waals surface area contributed by atoms with Crippen LogP contribution in [0, 0.1) is 0 Å². The molecule has 2 heterocycles. The lowest BCUT2D eigenvalue weighted by Crippen LogP contribution is -2.21. The third-order valence-electron chi connectivity index (χ3n) is 2.68. The first-order chi connectivity index (χ1) is 8.09. The lowest BCUT2D eigenvalue weighted by molar-refractivity contribution is 0.592. The number of fused-ring (bicyclic) bond motifs is 3. The topological polar surface area (TPSA) is 78.0 Å². The highest BCUT2D eigenvalue weighted by Gasteiger charge is 2.16. The number of para-hydroxylation sites is 1. The Balaban J connectivity index is 2.70. The van der Waals surface area contributed by atoms with Gasteiger partial charge in [0, 0.05) is 23.2 Å². The van der Waals surface area contributed by atoms with Crippen LogP contribution < -0.4 is 5.14 Å². The van der Waals surface area contributed by atoms with E-state index in [0.717, 1.165) is 14.7 Å². The molecular weight excluding hydrogens is 238 g/mol. The summed E-state index contributed by atoms with van der Waals surface area (Å²) in [6.45, 7) is 0. The van der Waals surface area contributed by atoms with Crippen LogP contribution in [-0.2, 0) is 10.2 Å². The van der Waals surface area contributed by atoms with Crippen LogP contribution in [0.15, 0.2) is 42.7 Å². The van der Waals surface area contributed by atoms with Crippen molar-refractivity contribution in [3.8, 4) is 0 Å². The van der Waals surface area contributed by atoms with E-state index in [1.807, 2.05) is 12.1 Å². The van der Waals surface area contributed by atoms with Gasteiger partial charge in [-0.25, -0.2) is 9.11 Å². The second-order valence-electron chi connectivity index (χ2n) is 3.72. The summed E-state index contributed by atoms with van der Waals surface area (Å²) in [6, 6.07) is 8.83. The van der Waals surface area contributed by atoms with Crippen LogP contribution in [0.1, 0.15) is 0 Å². The van der Waals surface area contributed by atoms with Crippen LogP contribution in [0.3, 0.4) is 0 Å². The molecule has 3 rings (SSSR count). The Bertz CT molecular complexity index is 768. The number of benzene rings is 1. The highest BCUT2D eigenvalue weighted by Crippen LogP contribution is 2.28. The smallest absolute Gasteiger partial charge is 0.264 e. The average molecular weight is 247 g/mol. The molecule has 17 heavy (non-hydrogen) atoms. The normalized spacial score (nSPS) is 12.3. The monoisotopic (exact) mass is 247 g/mol. The molecule has 0 saturated carbocycles. The molecule has 0 radical (unpaired) electrons. The molecule has 6 heteroatoms. The Morgan fingerprint density at radius 3 is 2.53 bits per heavy atom. The van der Waals surface area contributed by atoms with Crippen molar-refractivity contribution in [1.29, 1.82) is 0 Å². The van der Waals surface area contributed by atoms with Crippen LogP contribution >= 0.6 is 0 Å². The van der Waals surface area contributed by atoms with Gasteiger partial charge in [0.05, 0.1) is 11.0 Å². The molecule has 5 nitrogen and oxygen atoms in total. The van der Waals surface area contributed by atoms with Gasteiger partial charge in [0.25, 0.3) is 0 Å². The Morgan fingerprint density at radius 2 is 1.76 bits per heavy atom. The first-order valence-electron chi connectivity index (χ1n) is 4.95. The van der Waals surface area contributed by atoms with Crippen molar-refractivity contribution in [2.45, 2.75) is 0 Å². The van der Waals surface area contributed by atoms with Gasteiger partial charge >= 0.3 is 10.2 Å². The number of nitrogens with zero attached hydrogens (tertiary/aromatic N) is 2. The molecule has 2 N–H and O–H groups in total. The summed E-state index contributed by atoms with van der Waals surface area (Å²) in [5, 5.41) is 6.85. The predicted molar refractivity (Wildman–Crippen MR) is 65.7 cm³/mol. The van der Waals surface area contributed by atoms with E-state index in [0.29, 0.717) is 11.0 Å². The maximum Gasteiger partial charge on any atom is 0.303 e. The number of hydrogen-bond donors (Lipinski definition) is 1. The maximum absolute atomic E-state index is 11.6. The first kappa shape index (κ1) is 10.2. The lowest BCUT2D eigenvalue weighted by atomic mass is 10.2. The van der Waals surface area contributed by atoms with E-state index >= 15 is 0 Å². The third-order valence-corrected chi connectivity index (χ3v) is 3.59. The Labute approximate surface area is 97.7 Å².